The third-order valence-electron chi connectivity index (χ3n) is 1.87. The molecule has 0 aliphatic carbocycles. The van der Waals surface area contributed by atoms with Crippen LogP contribution in [0.3, 0.4) is 0 Å². The lowest BCUT2D eigenvalue weighted by Gasteiger charge is -2.01. The fraction of sp³-hybridized carbons (Fsp3) is 0.250. The smallest absolute Gasteiger partial charge is 0.149 e. The molecular weight excluding hydrogens is 215 g/mol. The van der Waals surface area contributed by atoms with E-state index in [4.69, 9.17) is 11.6 Å². The van der Waals surface area contributed by atoms with Crippen molar-refractivity contribution in [3.63, 3.8) is 0 Å². The second kappa shape index (κ2) is 5.53. The average molecular weight is 225 g/mol. The van der Waals surface area contributed by atoms with Crippen LogP contribution in [-0.4, -0.2) is 5.78 Å². The highest BCUT2D eigenvalue weighted by Gasteiger charge is 2.06. The van der Waals surface area contributed by atoms with Crippen molar-refractivity contribution in [3.8, 4) is 11.8 Å². The fourth-order valence-electron chi connectivity index (χ4n) is 1.13. The predicted molar refractivity (Wildman–Crippen MR) is 58.2 cm³/mol. The number of carbonyl (C=O) groups excluding carboxylic acids is 1. The predicted octanol–water partition coefficient (Wildman–Crippen LogP) is 3.00. The molecule has 0 fully saturated rings. The maximum absolute atomic E-state index is 12.7. The summed E-state index contributed by atoms with van der Waals surface area (Å²) in [5.74, 6) is 4.91. The third-order valence-corrected chi connectivity index (χ3v) is 2.22. The molecule has 1 rings (SSSR count). The Morgan fingerprint density at radius 1 is 1.53 bits per heavy atom. The fourth-order valence-corrected chi connectivity index (χ4v) is 1.36. The van der Waals surface area contributed by atoms with E-state index < -0.39 is 5.82 Å². The van der Waals surface area contributed by atoms with Crippen LogP contribution in [0.15, 0.2) is 18.2 Å². The van der Waals surface area contributed by atoms with Crippen molar-refractivity contribution in [1.82, 2.24) is 0 Å². The first kappa shape index (κ1) is 11.7. The molecule has 15 heavy (non-hydrogen) atoms. The lowest BCUT2D eigenvalue weighted by molar-refractivity contribution is -0.117. The van der Waals surface area contributed by atoms with E-state index in [1.807, 2.05) is 0 Å². The highest BCUT2D eigenvalue weighted by atomic mass is 35.5. The lowest BCUT2D eigenvalue weighted by atomic mass is 10.1. The van der Waals surface area contributed by atoms with E-state index in [0.29, 0.717) is 5.56 Å². The summed E-state index contributed by atoms with van der Waals surface area (Å²) in [6, 6.07) is 4.02. The van der Waals surface area contributed by atoms with Crippen LogP contribution in [0.1, 0.15) is 18.9 Å². The molecule has 0 atom stereocenters. The Morgan fingerprint density at radius 2 is 2.27 bits per heavy atom. The molecule has 0 radical (unpaired) electrons. The number of hydrogen-bond acceptors (Lipinski definition) is 1. The van der Waals surface area contributed by atoms with Gasteiger partial charge in [0.25, 0.3) is 0 Å². The summed E-state index contributed by atoms with van der Waals surface area (Å²) in [7, 11) is 0. The molecule has 0 spiro atoms. The molecule has 0 heterocycles. The van der Waals surface area contributed by atoms with Crippen LogP contribution < -0.4 is 0 Å². The largest absolute Gasteiger partial charge is 0.298 e. The first-order valence-electron chi connectivity index (χ1n) is 4.48. The van der Waals surface area contributed by atoms with Gasteiger partial charge in [-0.25, -0.2) is 4.39 Å². The molecule has 3 heteroatoms. The van der Waals surface area contributed by atoms with Crippen LogP contribution in [-0.2, 0) is 11.2 Å². The Labute approximate surface area is 93.3 Å². The average Bonchev–Trinajstić information content (AvgIpc) is 2.19. The summed E-state index contributed by atoms with van der Waals surface area (Å²) in [5.41, 5.74) is 0.640. The quantitative estimate of drug-likeness (QED) is 0.722. The van der Waals surface area contributed by atoms with E-state index in [1.54, 1.807) is 6.92 Å². The summed E-state index contributed by atoms with van der Waals surface area (Å²) in [6.45, 7) is 1.68. The van der Waals surface area contributed by atoms with E-state index >= 15 is 0 Å². The summed E-state index contributed by atoms with van der Waals surface area (Å²) < 4.78 is 12.7. The molecule has 1 aromatic rings. The number of carbonyl (C=O) groups is 1. The van der Waals surface area contributed by atoms with Crippen molar-refractivity contribution < 1.29 is 9.18 Å². The second-order valence-corrected chi connectivity index (χ2v) is 3.46. The molecule has 78 valence electrons. The SMILES string of the molecule is CC#CCC(=O)Cc1ccc(F)cc1Cl. The molecular formula is C12H10ClFO. The highest BCUT2D eigenvalue weighted by molar-refractivity contribution is 6.31. The van der Waals surface area contributed by atoms with Crippen LogP contribution in [0.4, 0.5) is 4.39 Å². The van der Waals surface area contributed by atoms with Gasteiger partial charge in [0.15, 0.2) is 0 Å². The zero-order chi connectivity index (χ0) is 11.3. The monoisotopic (exact) mass is 224 g/mol. The van der Waals surface area contributed by atoms with Crippen LogP contribution >= 0.6 is 11.6 Å². The van der Waals surface area contributed by atoms with Gasteiger partial charge >= 0.3 is 0 Å². The molecule has 1 nitrogen and oxygen atoms in total. The summed E-state index contributed by atoms with van der Waals surface area (Å²) in [5, 5.41) is 0.285. The number of benzene rings is 1. The zero-order valence-corrected chi connectivity index (χ0v) is 9.07. The van der Waals surface area contributed by atoms with E-state index in [-0.39, 0.29) is 23.6 Å². The summed E-state index contributed by atoms with van der Waals surface area (Å²) in [4.78, 5) is 11.4. The van der Waals surface area contributed by atoms with Gasteiger partial charge in [0.2, 0.25) is 0 Å². The van der Waals surface area contributed by atoms with Crippen LogP contribution in [0.5, 0.6) is 0 Å². The Hall–Kier alpha value is -1.33. The molecule has 0 bridgehead atoms. The number of Topliss-reactive ketones (excluding diaryl/α,β-unsaturated/α-hetero) is 1. The zero-order valence-electron chi connectivity index (χ0n) is 8.31. The van der Waals surface area contributed by atoms with E-state index in [1.165, 1.54) is 18.2 Å². The topological polar surface area (TPSA) is 17.1 Å². The minimum atomic E-state index is -0.399. The van der Waals surface area contributed by atoms with Gasteiger partial charge < -0.3 is 0 Å². The van der Waals surface area contributed by atoms with Gasteiger partial charge in [-0.2, -0.15) is 0 Å². The molecule has 0 amide bonds. The summed E-state index contributed by atoms with van der Waals surface area (Å²) >= 11 is 5.78. The van der Waals surface area contributed by atoms with Gasteiger partial charge in [0, 0.05) is 11.4 Å². The van der Waals surface area contributed by atoms with Crippen LogP contribution in [0.2, 0.25) is 5.02 Å². The van der Waals surface area contributed by atoms with Crippen LogP contribution in [0, 0.1) is 17.7 Å². The van der Waals surface area contributed by atoms with E-state index in [0.717, 1.165) is 0 Å². The Balaban J connectivity index is 2.71. The second-order valence-electron chi connectivity index (χ2n) is 3.05. The van der Waals surface area contributed by atoms with Gasteiger partial charge in [-0.15, -0.1) is 5.92 Å². The first-order valence-corrected chi connectivity index (χ1v) is 4.86. The Kier molecular flexibility index (Phi) is 4.33. The molecule has 1 aromatic carbocycles. The third kappa shape index (κ3) is 3.73. The number of ketones is 1. The van der Waals surface area contributed by atoms with Crippen molar-refractivity contribution >= 4 is 17.4 Å². The van der Waals surface area contributed by atoms with Gasteiger partial charge in [-0.05, 0) is 24.6 Å². The minimum absolute atomic E-state index is 0.0159. The Morgan fingerprint density at radius 3 is 2.87 bits per heavy atom. The van der Waals surface area contributed by atoms with Crippen molar-refractivity contribution in [2.75, 3.05) is 0 Å². The standard InChI is InChI=1S/C12H10ClFO/c1-2-3-4-11(15)7-9-5-6-10(14)8-12(9)13/h5-6,8H,4,7H2,1H3. The van der Waals surface area contributed by atoms with Crippen molar-refractivity contribution in [2.45, 2.75) is 19.8 Å². The molecule has 0 N–H and O–H groups in total. The maximum Gasteiger partial charge on any atom is 0.149 e. The molecule has 0 saturated carbocycles. The van der Waals surface area contributed by atoms with E-state index in [2.05, 4.69) is 11.8 Å². The highest BCUT2D eigenvalue weighted by Crippen LogP contribution is 2.18. The number of hydrogen-bond donors (Lipinski definition) is 0. The summed E-state index contributed by atoms with van der Waals surface area (Å²) in [6.07, 6.45) is 0.415. The van der Waals surface area contributed by atoms with E-state index in [9.17, 15) is 9.18 Å². The molecule has 0 aliphatic rings. The molecule has 0 aromatic heterocycles. The van der Waals surface area contributed by atoms with Crippen molar-refractivity contribution in [1.29, 1.82) is 0 Å². The molecule has 0 aliphatic heterocycles. The lowest BCUT2D eigenvalue weighted by Crippen LogP contribution is -2.01. The van der Waals surface area contributed by atoms with Crippen molar-refractivity contribution in [3.05, 3.63) is 34.6 Å². The normalized spacial score (nSPS) is 9.27. The van der Waals surface area contributed by atoms with Gasteiger partial charge in [0.1, 0.15) is 11.6 Å². The number of rotatable bonds is 3. The van der Waals surface area contributed by atoms with Gasteiger partial charge in [-0.3, -0.25) is 4.79 Å². The van der Waals surface area contributed by atoms with Crippen molar-refractivity contribution in [2.24, 2.45) is 0 Å². The number of halogens is 2. The first-order chi connectivity index (χ1) is 7.13. The van der Waals surface area contributed by atoms with Gasteiger partial charge in [-0.1, -0.05) is 23.6 Å². The van der Waals surface area contributed by atoms with Gasteiger partial charge in [0.05, 0.1) is 6.42 Å². The maximum atomic E-state index is 12.7. The Bertz CT molecular complexity index is 429. The van der Waals surface area contributed by atoms with Crippen LogP contribution in [0.25, 0.3) is 0 Å². The molecule has 0 unspecified atom stereocenters. The molecule has 0 saturated heterocycles. The minimum Gasteiger partial charge on any atom is -0.298 e.